The first-order valence-electron chi connectivity index (χ1n) is 15.1. The summed E-state index contributed by atoms with van der Waals surface area (Å²) in [6.07, 6.45) is 21.9. The van der Waals surface area contributed by atoms with Gasteiger partial charge in [0, 0.05) is 18.2 Å². The van der Waals surface area contributed by atoms with Crippen LogP contribution in [-0.4, -0.2) is 31.2 Å². The molecule has 4 fully saturated rings. The van der Waals surface area contributed by atoms with Gasteiger partial charge in [0.1, 0.15) is 5.54 Å². The molecule has 1 aromatic carbocycles. The Morgan fingerprint density at radius 1 is 0.743 bits per heavy atom. The van der Waals surface area contributed by atoms with Crippen LogP contribution in [0.15, 0.2) is 30.3 Å². The minimum absolute atomic E-state index is 0.293. The van der Waals surface area contributed by atoms with Gasteiger partial charge in [-0.25, -0.2) is 0 Å². The van der Waals surface area contributed by atoms with E-state index in [4.69, 9.17) is 0 Å². The summed E-state index contributed by atoms with van der Waals surface area (Å²) in [5.74, 6) is 2.95. The largest absolute Gasteiger partial charge is 0.339 e. The minimum atomic E-state index is -0.401. The van der Waals surface area contributed by atoms with Crippen molar-refractivity contribution in [2.75, 3.05) is 24.7 Å². The number of hydrogen-bond donors (Lipinski definition) is 2. The van der Waals surface area contributed by atoms with Gasteiger partial charge in [-0.1, -0.05) is 102 Å². The van der Waals surface area contributed by atoms with Crippen molar-refractivity contribution in [1.82, 2.24) is 10.6 Å². The number of nitrogens with zero attached hydrogens (tertiary/aromatic N) is 1. The molecule has 4 nitrogen and oxygen atoms in total. The van der Waals surface area contributed by atoms with Gasteiger partial charge in [0.25, 0.3) is 0 Å². The molecule has 4 unspecified atom stereocenters. The molecule has 1 amide bonds. The van der Waals surface area contributed by atoms with Gasteiger partial charge < -0.3 is 15.5 Å². The van der Waals surface area contributed by atoms with Crippen LogP contribution in [0.3, 0.4) is 0 Å². The first kappa shape index (κ1) is 25.1. The van der Waals surface area contributed by atoms with Gasteiger partial charge in [-0.05, 0) is 55.7 Å². The van der Waals surface area contributed by atoms with Crippen LogP contribution in [0.1, 0.15) is 103 Å². The van der Waals surface area contributed by atoms with Crippen LogP contribution in [0.2, 0.25) is 0 Å². The number of piperidine rings is 1. The fourth-order valence-electron chi connectivity index (χ4n) is 8.41. The molecule has 0 radical (unpaired) electrons. The van der Waals surface area contributed by atoms with E-state index in [0.29, 0.717) is 24.4 Å². The Labute approximate surface area is 214 Å². The van der Waals surface area contributed by atoms with E-state index in [1.54, 1.807) is 0 Å². The number of para-hydroxylation sites is 1. The molecule has 2 saturated heterocycles. The number of carbonyl (C=O) groups excluding carboxylic acids is 1. The van der Waals surface area contributed by atoms with Crippen molar-refractivity contribution in [2.45, 2.75) is 108 Å². The van der Waals surface area contributed by atoms with Gasteiger partial charge in [0.2, 0.25) is 5.91 Å². The highest BCUT2D eigenvalue weighted by Gasteiger charge is 2.58. The van der Waals surface area contributed by atoms with Crippen LogP contribution in [0, 0.1) is 23.7 Å². The van der Waals surface area contributed by atoms with E-state index in [1.807, 2.05) is 0 Å². The van der Waals surface area contributed by atoms with Crippen molar-refractivity contribution in [2.24, 2.45) is 23.7 Å². The fourth-order valence-corrected chi connectivity index (χ4v) is 8.41. The summed E-state index contributed by atoms with van der Waals surface area (Å²) in [4.78, 5) is 16.3. The van der Waals surface area contributed by atoms with E-state index in [-0.39, 0.29) is 0 Å². The molecule has 0 aromatic heterocycles. The van der Waals surface area contributed by atoms with Crippen molar-refractivity contribution in [3.05, 3.63) is 30.3 Å². The maximum absolute atomic E-state index is 13.9. The quantitative estimate of drug-likeness (QED) is 0.510. The molecule has 2 heterocycles. The smallest absolute Gasteiger partial charge is 0.247 e. The predicted molar refractivity (Wildman–Crippen MR) is 145 cm³/mol. The van der Waals surface area contributed by atoms with Gasteiger partial charge in [-0.2, -0.15) is 0 Å². The number of benzene rings is 1. The third kappa shape index (κ3) is 5.43. The summed E-state index contributed by atoms with van der Waals surface area (Å²) in [5, 5.41) is 7.09. The average molecular weight is 480 g/mol. The topological polar surface area (TPSA) is 44.4 Å². The first-order valence-corrected chi connectivity index (χ1v) is 15.1. The first-order chi connectivity index (χ1) is 17.3. The van der Waals surface area contributed by atoms with Crippen molar-refractivity contribution in [1.29, 1.82) is 0 Å². The van der Waals surface area contributed by atoms with E-state index in [0.717, 1.165) is 31.3 Å². The molecular formula is C31H49N3O. The zero-order chi connectivity index (χ0) is 23.9. The highest BCUT2D eigenvalue weighted by molar-refractivity contribution is 5.94. The molecule has 2 saturated carbocycles. The summed E-state index contributed by atoms with van der Waals surface area (Å²) in [5.41, 5.74) is 0.807. The molecule has 35 heavy (non-hydrogen) atoms. The zero-order valence-corrected chi connectivity index (χ0v) is 22.0. The lowest BCUT2D eigenvalue weighted by Gasteiger charge is -2.51. The molecule has 4 atom stereocenters. The summed E-state index contributed by atoms with van der Waals surface area (Å²) in [6.45, 7) is 2.58. The van der Waals surface area contributed by atoms with Gasteiger partial charge in [-0.3, -0.25) is 4.79 Å². The molecule has 1 spiro atoms. The van der Waals surface area contributed by atoms with Crippen LogP contribution >= 0.6 is 0 Å². The molecule has 2 N–H and O–H groups in total. The van der Waals surface area contributed by atoms with Gasteiger partial charge in [-0.15, -0.1) is 0 Å². The van der Waals surface area contributed by atoms with Crippen molar-refractivity contribution in [3.8, 4) is 0 Å². The standard InChI is InChI=1S/C31H49N3O/c35-30-31(34(24-33-30)26-17-11-8-12-18-26)21-22-32-23-29(31)28-20-14-7-3-6-13-19-27(28)25-15-9-4-1-2-5-10-16-25/h8,11-12,17-18,25,27-29,32H,1-7,9-10,13-16,19-24H2,(H,33,35). The number of nitrogens with one attached hydrogen (secondary N) is 2. The molecule has 2 aliphatic heterocycles. The highest BCUT2D eigenvalue weighted by Crippen LogP contribution is 2.49. The lowest BCUT2D eigenvalue weighted by atomic mass is 9.61. The van der Waals surface area contributed by atoms with E-state index in [2.05, 4.69) is 45.9 Å². The maximum atomic E-state index is 13.9. The Morgan fingerprint density at radius 3 is 2.03 bits per heavy atom. The van der Waals surface area contributed by atoms with Gasteiger partial charge >= 0.3 is 0 Å². The van der Waals surface area contributed by atoms with Crippen LogP contribution in [-0.2, 0) is 4.79 Å². The lowest BCUT2D eigenvalue weighted by Crippen LogP contribution is -2.64. The normalized spacial score (nSPS) is 34.2. The molecule has 2 aliphatic carbocycles. The molecule has 4 heteroatoms. The highest BCUT2D eigenvalue weighted by atomic mass is 16.2. The van der Waals surface area contributed by atoms with Crippen molar-refractivity contribution in [3.63, 3.8) is 0 Å². The Hall–Kier alpha value is -1.55. The Bertz CT molecular complexity index is 788. The van der Waals surface area contributed by atoms with Crippen LogP contribution in [0.5, 0.6) is 0 Å². The molecule has 194 valence electrons. The molecule has 5 rings (SSSR count). The summed E-state index contributed by atoms with van der Waals surface area (Å²) >= 11 is 0. The Morgan fingerprint density at radius 2 is 1.34 bits per heavy atom. The second kappa shape index (κ2) is 12.1. The Balaban J connectivity index is 1.50. The molecule has 0 bridgehead atoms. The predicted octanol–water partition coefficient (Wildman–Crippen LogP) is 6.66. The summed E-state index contributed by atoms with van der Waals surface area (Å²) < 4.78 is 0. The second-order valence-corrected chi connectivity index (χ2v) is 12.0. The van der Waals surface area contributed by atoms with E-state index >= 15 is 0 Å². The third-order valence-electron chi connectivity index (χ3n) is 10.1. The molecule has 4 aliphatic rings. The lowest BCUT2D eigenvalue weighted by molar-refractivity contribution is -0.128. The van der Waals surface area contributed by atoms with E-state index in [1.165, 1.54) is 102 Å². The number of hydrogen-bond acceptors (Lipinski definition) is 3. The van der Waals surface area contributed by atoms with Gasteiger partial charge in [0.05, 0.1) is 6.67 Å². The zero-order valence-electron chi connectivity index (χ0n) is 22.0. The minimum Gasteiger partial charge on any atom is -0.339 e. The average Bonchev–Trinajstić information content (AvgIpc) is 3.32. The summed E-state index contributed by atoms with van der Waals surface area (Å²) in [7, 11) is 0. The Kier molecular flexibility index (Phi) is 8.70. The van der Waals surface area contributed by atoms with Gasteiger partial charge in [0.15, 0.2) is 0 Å². The van der Waals surface area contributed by atoms with E-state index in [9.17, 15) is 4.79 Å². The number of anilines is 1. The number of carbonyl (C=O) groups is 1. The fraction of sp³-hybridized carbons (Fsp3) is 0.774. The number of amides is 1. The number of rotatable bonds is 3. The van der Waals surface area contributed by atoms with Crippen molar-refractivity contribution >= 4 is 11.6 Å². The third-order valence-corrected chi connectivity index (χ3v) is 10.1. The van der Waals surface area contributed by atoms with Crippen LogP contribution in [0.25, 0.3) is 0 Å². The molecule has 1 aromatic rings. The van der Waals surface area contributed by atoms with Crippen molar-refractivity contribution < 1.29 is 4.79 Å². The summed E-state index contributed by atoms with van der Waals surface area (Å²) in [6, 6.07) is 10.8. The SMILES string of the molecule is O=C1NCN(c2ccccc2)C12CCNCC2C1CCCCCCCC1C1CCCCCCCC1. The van der Waals surface area contributed by atoms with Crippen LogP contribution in [0.4, 0.5) is 5.69 Å². The molecular weight excluding hydrogens is 430 g/mol. The monoisotopic (exact) mass is 479 g/mol. The van der Waals surface area contributed by atoms with Crippen LogP contribution < -0.4 is 15.5 Å². The maximum Gasteiger partial charge on any atom is 0.247 e. The van der Waals surface area contributed by atoms with E-state index < -0.39 is 5.54 Å². The second-order valence-electron chi connectivity index (χ2n) is 12.0.